The van der Waals surface area contributed by atoms with Crippen molar-refractivity contribution >= 4 is 5.91 Å². The van der Waals surface area contributed by atoms with E-state index < -0.39 is 0 Å². The van der Waals surface area contributed by atoms with Gasteiger partial charge in [-0.1, -0.05) is 5.16 Å². The molecule has 0 N–H and O–H groups in total. The number of nitriles is 1. The normalized spacial score (nSPS) is 14.2. The van der Waals surface area contributed by atoms with Crippen LogP contribution in [-0.2, 0) is 11.2 Å². The highest BCUT2D eigenvalue weighted by molar-refractivity contribution is 5.80. The number of hydrogen-bond acceptors (Lipinski definition) is 6. The number of rotatable bonds is 4. The van der Waals surface area contributed by atoms with Crippen LogP contribution in [0.2, 0.25) is 0 Å². The number of carbonyl (C=O) groups is 1. The van der Waals surface area contributed by atoms with E-state index in [0.717, 1.165) is 11.3 Å². The number of aryl methyl sites for hydroxylation is 2. The van der Waals surface area contributed by atoms with Crippen LogP contribution in [0.15, 0.2) is 22.9 Å². The van der Waals surface area contributed by atoms with E-state index in [9.17, 15) is 4.79 Å². The molecule has 1 aliphatic heterocycles. The molecule has 7 nitrogen and oxygen atoms in total. The van der Waals surface area contributed by atoms with Crippen molar-refractivity contribution < 1.29 is 14.1 Å². The Kier molecular flexibility index (Phi) is 3.98. The van der Waals surface area contributed by atoms with E-state index in [4.69, 9.17) is 14.5 Å². The number of aromatic nitrogens is 2. The van der Waals surface area contributed by atoms with Crippen molar-refractivity contribution in [2.75, 3.05) is 13.1 Å². The second-order valence-corrected chi connectivity index (χ2v) is 5.51. The molecule has 0 bridgehead atoms. The second-order valence-electron chi connectivity index (χ2n) is 5.51. The molecule has 3 heterocycles. The molecule has 0 spiro atoms. The molecule has 0 atom stereocenters. The van der Waals surface area contributed by atoms with Gasteiger partial charge in [0.25, 0.3) is 0 Å². The van der Waals surface area contributed by atoms with E-state index >= 15 is 0 Å². The summed E-state index contributed by atoms with van der Waals surface area (Å²) in [5.74, 6) is 1.12. The first-order chi connectivity index (χ1) is 11.1. The van der Waals surface area contributed by atoms with Gasteiger partial charge in [0.05, 0.1) is 36.8 Å². The Morgan fingerprint density at radius 2 is 2.30 bits per heavy atom. The highest BCUT2D eigenvalue weighted by Gasteiger charge is 2.33. The van der Waals surface area contributed by atoms with E-state index in [2.05, 4.69) is 10.1 Å². The van der Waals surface area contributed by atoms with Gasteiger partial charge in [-0.15, -0.1) is 0 Å². The molecule has 0 unspecified atom stereocenters. The molecule has 1 saturated heterocycles. The van der Waals surface area contributed by atoms with Gasteiger partial charge in [-0.25, -0.2) is 4.98 Å². The number of carbonyl (C=O) groups excluding carboxylic acids is 1. The summed E-state index contributed by atoms with van der Waals surface area (Å²) in [6, 6.07) is 5.25. The van der Waals surface area contributed by atoms with Gasteiger partial charge in [0.15, 0.2) is 0 Å². The average Bonchev–Trinajstić information content (AvgIpc) is 2.82. The maximum atomic E-state index is 12.2. The van der Waals surface area contributed by atoms with Crippen LogP contribution in [0, 0.1) is 25.2 Å². The first-order valence-electron chi connectivity index (χ1n) is 7.29. The first-order valence-corrected chi connectivity index (χ1v) is 7.29. The Morgan fingerprint density at radius 1 is 1.52 bits per heavy atom. The summed E-state index contributed by atoms with van der Waals surface area (Å²) in [4.78, 5) is 18.0. The summed E-state index contributed by atoms with van der Waals surface area (Å²) in [7, 11) is 0. The lowest BCUT2D eigenvalue weighted by molar-refractivity contribution is -0.139. The van der Waals surface area contributed by atoms with Crippen LogP contribution >= 0.6 is 0 Å². The van der Waals surface area contributed by atoms with Crippen molar-refractivity contribution in [3.05, 3.63) is 40.9 Å². The third-order valence-electron chi connectivity index (χ3n) is 3.86. The Hall–Kier alpha value is -2.88. The molecule has 0 aromatic carbocycles. The van der Waals surface area contributed by atoms with Crippen LogP contribution in [0.1, 0.15) is 22.6 Å². The predicted octanol–water partition coefficient (Wildman–Crippen LogP) is 1.39. The minimum absolute atomic E-state index is 0.0259. The zero-order chi connectivity index (χ0) is 16.4. The molecule has 1 aliphatic rings. The molecule has 2 aromatic heterocycles. The number of hydrogen-bond donors (Lipinski definition) is 0. The Bertz CT molecular complexity index is 752. The molecule has 2 aromatic rings. The Balaban J connectivity index is 1.52. The fraction of sp³-hybridized carbons (Fsp3) is 0.375. The van der Waals surface area contributed by atoms with Gasteiger partial charge >= 0.3 is 0 Å². The minimum atomic E-state index is -0.0925. The molecule has 0 radical (unpaired) electrons. The van der Waals surface area contributed by atoms with Gasteiger partial charge < -0.3 is 14.2 Å². The molecule has 118 valence electrons. The lowest BCUT2D eigenvalue weighted by atomic mass is 10.1. The van der Waals surface area contributed by atoms with Crippen LogP contribution < -0.4 is 4.74 Å². The molecule has 1 amide bonds. The fourth-order valence-corrected chi connectivity index (χ4v) is 2.45. The monoisotopic (exact) mass is 312 g/mol. The van der Waals surface area contributed by atoms with E-state index in [1.807, 2.05) is 13.0 Å². The maximum absolute atomic E-state index is 12.2. The average molecular weight is 312 g/mol. The van der Waals surface area contributed by atoms with E-state index in [1.165, 1.54) is 6.20 Å². The van der Waals surface area contributed by atoms with Crippen LogP contribution in [0.4, 0.5) is 0 Å². The number of ether oxygens (including phenoxy) is 1. The number of likely N-dealkylation sites (tertiary alicyclic amines) is 1. The summed E-state index contributed by atoms with van der Waals surface area (Å²) in [6.07, 6.45) is 1.73. The molecule has 0 saturated carbocycles. The fourth-order valence-electron chi connectivity index (χ4n) is 2.45. The van der Waals surface area contributed by atoms with E-state index in [0.29, 0.717) is 30.3 Å². The molecular weight excluding hydrogens is 296 g/mol. The van der Waals surface area contributed by atoms with Gasteiger partial charge in [0, 0.05) is 17.8 Å². The van der Waals surface area contributed by atoms with Crippen molar-refractivity contribution in [3.63, 3.8) is 0 Å². The minimum Gasteiger partial charge on any atom is -0.471 e. The van der Waals surface area contributed by atoms with Gasteiger partial charge in [-0.05, 0) is 19.9 Å². The quantitative estimate of drug-likeness (QED) is 0.847. The van der Waals surface area contributed by atoms with Gasteiger partial charge in [0.2, 0.25) is 11.8 Å². The first kappa shape index (κ1) is 15.0. The number of nitrogens with zero attached hydrogens (tertiary/aromatic N) is 4. The topological polar surface area (TPSA) is 92.3 Å². The molecule has 7 heteroatoms. The largest absolute Gasteiger partial charge is 0.471 e. The highest BCUT2D eigenvalue weighted by Crippen LogP contribution is 2.20. The number of pyridine rings is 1. The molecule has 0 aliphatic carbocycles. The van der Waals surface area contributed by atoms with E-state index in [1.54, 1.807) is 24.0 Å². The lowest BCUT2D eigenvalue weighted by Crippen LogP contribution is -2.56. The van der Waals surface area contributed by atoms with Crippen molar-refractivity contribution in [2.45, 2.75) is 26.4 Å². The van der Waals surface area contributed by atoms with Crippen LogP contribution in [-0.4, -0.2) is 40.1 Å². The summed E-state index contributed by atoms with van der Waals surface area (Å²) >= 11 is 0. The van der Waals surface area contributed by atoms with Crippen molar-refractivity contribution in [3.8, 4) is 11.9 Å². The molecule has 3 rings (SSSR count). The smallest absolute Gasteiger partial charge is 0.227 e. The lowest BCUT2D eigenvalue weighted by Gasteiger charge is -2.38. The third-order valence-corrected chi connectivity index (χ3v) is 3.86. The van der Waals surface area contributed by atoms with Gasteiger partial charge in [-0.3, -0.25) is 4.79 Å². The standard InChI is InChI=1S/C16H16N4O3/c1-10-14(11(2)23-19-10)6-16(21)20-8-13(9-20)22-15-5-12(7-17)3-4-18-15/h3-5,13H,6,8-9H2,1-2H3. The Morgan fingerprint density at radius 3 is 2.96 bits per heavy atom. The van der Waals surface area contributed by atoms with Gasteiger partial charge in [0.1, 0.15) is 11.9 Å². The predicted molar refractivity (Wildman–Crippen MR) is 79.6 cm³/mol. The zero-order valence-electron chi connectivity index (χ0n) is 12.9. The molecule has 23 heavy (non-hydrogen) atoms. The van der Waals surface area contributed by atoms with Crippen molar-refractivity contribution in [2.24, 2.45) is 0 Å². The summed E-state index contributed by atoms with van der Waals surface area (Å²) in [5.41, 5.74) is 2.10. The SMILES string of the molecule is Cc1noc(C)c1CC(=O)N1CC(Oc2cc(C#N)ccn2)C1. The van der Waals surface area contributed by atoms with Crippen LogP contribution in [0.5, 0.6) is 5.88 Å². The molecular formula is C16H16N4O3. The summed E-state index contributed by atoms with van der Waals surface area (Å²) < 4.78 is 10.7. The van der Waals surface area contributed by atoms with Crippen LogP contribution in [0.25, 0.3) is 0 Å². The van der Waals surface area contributed by atoms with Crippen LogP contribution in [0.3, 0.4) is 0 Å². The summed E-state index contributed by atoms with van der Waals surface area (Å²) in [5, 5.41) is 12.7. The van der Waals surface area contributed by atoms with Gasteiger partial charge in [-0.2, -0.15) is 5.26 Å². The maximum Gasteiger partial charge on any atom is 0.227 e. The van der Waals surface area contributed by atoms with E-state index in [-0.39, 0.29) is 18.4 Å². The molecule has 1 fully saturated rings. The van der Waals surface area contributed by atoms with Crippen molar-refractivity contribution in [1.29, 1.82) is 5.26 Å². The summed E-state index contributed by atoms with van der Waals surface area (Å²) in [6.45, 7) is 4.66. The van der Waals surface area contributed by atoms with Crippen molar-refractivity contribution in [1.82, 2.24) is 15.0 Å². The second kappa shape index (κ2) is 6.08. The highest BCUT2D eigenvalue weighted by atomic mass is 16.5. The Labute approximate surface area is 133 Å². The zero-order valence-corrected chi connectivity index (χ0v) is 12.9. The third kappa shape index (κ3) is 3.16. The number of amides is 1.